The number of rotatable bonds is 6. The van der Waals surface area contributed by atoms with Gasteiger partial charge in [0.2, 0.25) is 5.82 Å². The van der Waals surface area contributed by atoms with E-state index >= 15 is 22.0 Å². The fraction of sp³-hybridized carbons (Fsp3) is 0. The molecule has 0 saturated carbocycles. The van der Waals surface area contributed by atoms with Crippen LogP contribution in [0.3, 0.4) is 0 Å². The van der Waals surface area contributed by atoms with E-state index in [1.165, 1.54) is 0 Å². The second kappa shape index (κ2) is 12.8. The Morgan fingerprint density at radius 1 is 0.365 bits per heavy atom. The summed E-state index contributed by atoms with van der Waals surface area (Å²) in [7, 11) is -3.51. The molecule has 2 nitrogen and oxygen atoms in total. The second-order valence-electron chi connectivity index (χ2n) is 10.5. The van der Waals surface area contributed by atoms with Gasteiger partial charge in [0.25, 0.3) is 0 Å². The third kappa shape index (κ3) is 5.29. The van der Waals surface area contributed by atoms with Gasteiger partial charge >= 0.3 is 7.12 Å². The Labute approximate surface area is 276 Å². The molecule has 0 unspecified atom stereocenters. The van der Waals surface area contributed by atoms with Crippen LogP contribution in [0.2, 0.25) is 0 Å². The number of fused-ring (bicyclic) bond motifs is 2. The third-order valence-electron chi connectivity index (χ3n) is 7.53. The van der Waals surface area contributed by atoms with E-state index in [4.69, 9.17) is 9.31 Å². The molecule has 20 heteroatoms. The maximum atomic E-state index is 15.9. The SMILES string of the molecule is Fc1cc(F)c(F)c(-c2ccccc2OB(Oc2c(F)c(F)c(F)c3c(F)c4c(F)c(F)c(F)c(F)c4c(F)c23)c2c(F)c(F)c(F)c(F)c2F)c1. The smallest absolute Gasteiger partial charge is 0.521 e. The van der Waals surface area contributed by atoms with Crippen molar-refractivity contribution < 1.29 is 83.9 Å². The van der Waals surface area contributed by atoms with Crippen LogP contribution in [0.1, 0.15) is 0 Å². The van der Waals surface area contributed by atoms with Gasteiger partial charge in [-0.05, 0) is 12.1 Å². The minimum atomic E-state index is -3.51. The van der Waals surface area contributed by atoms with E-state index < -0.39 is 156 Å². The van der Waals surface area contributed by atoms with E-state index in [0.29, 0.717) is 12.1 Å². The second-order valence-corrected chi connectivity index (χ2v) is 10.5. The molecule has 0 N–H and O–H groups in total. The minimum Gasteiger partial charge on any atom is -0.521 e. The van der Waals surface area contributed by atoms with Gasteiger partial charge in [-0.2, -0.15) is 4.39 Å². The molecule has 0 aliphatic carbocycles. The number of para-hydroxylation sites is 1. The molecule has 0 atom stereocenters. The van der Waals surface area contributed by atoms with Crippen LogP contribution in [0.25, 0.3) is 32.7 Å². The summed E-state index contributed by atoms with van der Waals surface area (Å²) in [4.78, 5) is 0. The largest absolute Gasteiger partial charge is 0.639 e. The van der Waals surface area contributed by atoms with Crippen molar-refractivity contribution in [2.45, 2.75) is 0 Å². The Bertz CT molecular complexity index is 2500. The maximum absolute atomic E-state index is 15.9. The zero-order valence-corrected chi connectivity index (χ0v) is 24.3. The molecule has 0 fully saturated rings. The van der Waals surface area contributed by atoms with E-state index in [-0.39, 0.29) is 6.07 Å². The first kappa shape index (κ1) is 36.1. The highest BCUT2D eigenvalue weighted by Gasteiger charge is 2.42. The lowest BCUT2D eigenvalue weighted by Gasteiger charge is -2.22. The molecule has 268 valence electrons. The Kier molecular flexibility index (Phi) is 8.90. The fourth-order valence-corrected chi connectivity index (χ4v) is 5.20. The summed E-state index contributed by atoms with van der Waals surface area (Å²) in [6.07, 6.45) is 0. The van der Waals surface area contributed by atoms with Crippen LogP contribution in [-0.2, 0) is 0 Å². The molecular formula is C32H6BF17O2. The van der Waals surface area contributed by atoms with Gasteiger partial charge in [-0.1, -0.05) is 18.2 Å². The van der Waals surface area contributed by atoms with Gasteiger partial charge in [0.1, 0.15) is 23.2 Å². The summed E-state index contributed by atoms with van der Waals surface area (Å²) in [6.45, 7) is 0. The molecule has 0 radical (unpaired) electrons. The van der Waals surface area contributed by atoms with Crippen LogP contribution in [0.5, 0.6) is 11.5 Å². The Morgan fingerprint density at radius 3 is 1.37 bits per heavy atom. The molecule has 0 spiro atoms. The first-order valence-corrected chi connectivity index (χ1v) is 13.6. The summed E-state index contributed by atoms with van der Waals surface area (Å²) < 4.78 is 260. The molecule has 0 amide bonds. The topological polar surface area (TPSA) is 18.5 Å². The van der Waals surface area contributed by atoms with Gasteiger partial charge in [0, 0.05) is 17.2 Å². The summed E-state index contributed by atoms with van der Waals surface area (Å²) in [5.41, 5.74) is -4.17. The van der Waals surface area contributed by atoms with Gasteiger partial charge in [-0.25, -0.2) is 70.2 Å². The number of halogens is 17. The highest BCUT2D eigenvalue weighted by Crippen LogP contribution is 2.44. The predicted octanol–water partition coefficient (Wildman–Crippen LogP) is 9.88. The van der Waals surface area contributed by atoms with Crippen LogP contribution in [-0.4, -0.2) is 7.12 Å². The summed E-state index contributed by atoms with van der Waals surface area (Å²) >= 11 is 0. The van der Waals surface area contributed by atoms with Crippen molar-refractivity contribution in [2.75, 3.05) is 0 Å². The number of benzene rings is 6. The highest BCUT2D eigenvalue weighted by atomic mass is 19.2. The van der Waals surface area contributed by atoms with Gasteiger partial charge in [0.05, 0.1) is 27.0 Å². The van der Waals surface area contributed by atoms with Gasteiger partial charge in [-0.3, -0.25) is 0 Å². The summed E-state index contributed by atoms with van der Waals surface area (Å²) in [5.74, 6) is -47.5. The standard InChI is InChI=1S/C32H6BF17O2/c34-7-5-9(17(36)10(35)6-7)8-3-1-2-4-11(8)51-33(16-23(42)28(47)30(49)29(48)24(16)43)52-32-15-14(22(41)27(46)31(32)50)18(37)12-13(19(15)38)21(40)26(45)25(44)20(12)39/h1-6H. The van der Waals surface area contributed by atoms with Crippen LogP contribution in [0.4, 0.5) is 74.6 Å². The molecule has 6 rings (SSSR count). The van der Waals surface area contributed by atoms with Crippen LogP contribution >= 0.6 is 0 Å². The zero-order chi connectivity index (χ0) is 38.2. The van der Waals surface area contributed by atoms with Crippen molar-refractivity contribution in [3.63, 3.8) is 0 Å². The molecule has 0 heterocycles. The molecule has 6 aromatic carbocycles. The fourth-order valence-electron chi connectivity index (χ4n) is 5.20. The average Bonchev–Trinajstić information content (AvgIpc) is 3.11. The zero-order valence-electron chi connectivity index (χ0n) is 24.3. The molecular weight excluding hydrogens is 750 g/mol. The Morgan fingerprint density at radius 2 is 0.808 bits per heavy atom. The first-order chi connectivity index (χ1) is 24.4. The van der Waals surface area contributed by atoms with Crippen molar-refractivity contribution in [3.8, 4) is 22.6 Å². The minimum absolute atomic E-state index is 0.0618. The summed E-state index contributed by atoms with van der Waals surface area (Å²) in [5, 5.41) is -8.89. The maximum Gasteiger partial charge on any atom is 0.639 e. The molecule has 52 heavy (non-hydrogen) atoms. The van der Waals surface area contributed by atoms with Gasteiger partial charge in [-0.15, -0.1) is 0 Å². The Balaban J connectivity index is 1.70. The lowest BCUT2D eigenvalue weighted by molar-refractivity contribution is 0.370. The number of hydrogen-bond donors (Lipinski definition) is 0. The van der Waals surface area contributed by atoms with Crippen molar-refractivity contribution >= 4 is 34.1 Å². The quantitative estimate of drug-likeness (QED) is 0.0554. The van der Waals surface area contributed by atoms with E-state index in [2.05, 4.69) is 0 Å². The number of hydrogen-bond acceptors (Lipinski definition) is 2. The van der Waals surface area contributed by atoms with E-state index in [9.17, 15) is 52.7 Å². The molecule has 6 aromatic rings. The van der Waals surface area contributed by atoms with Gasteiger partial charge in [0.15, 0.2) is 81.4 Å². The summed E-state index contributed by atoms with van der Waals surface area (Å²) in [6, 6.07) is 3.76. The van der Waals surface area contributed by atoms with E-state index in [1.54, 1.807) is 0 Å². The average molecular weight is 756 g/mol. The normalized spacial score (nSPS) is 11.6. The van der Waals surface area contributed by atoms with Crippen molar-refractivity contribution in [1.82, 2.24) is 0 Å². The molecule has 0 bridgehead atoms. The van der Waals surface area contributed by atoms with Crippen LogP contribution in [0, 0.1) is 98.9 Å². The van der Waals surface area contributed by atoms with Gasteiger partial charge < -0.3 is 9.31 Å². The Hall–Kier alpha value is -5.69. The third-order valence-corrected chi connectivity index (χ3v) is 7.53. The molecule has 0 aromatic heterocycles. The molecule has 0 aliphatic rings. The molecule has 0 aliphatic heterocycles. The predicted molar refractivity (Wildman–Crippen MR) is 146 cm³/mol. The lowest BCUT2D eigenvalue weighted by atomic mass is 9.76. The van der Waals surface area contributed by atoms with E-state index in [0.717, 1.165) is 18.2 Å². The van der Waals surface area contributed by atoms with Crippen molar-refractivity contribution in [2.24, 2.45) is 0 Å². The lowest BCUT2D eigenvalue weighted by Crippen LogP contribution is -2.48. The van der Waals surface area contributed by atoms with Crippen LogP contribution < -0.4 is 14.8 Å². The van der Waals surface area contributed by atoms with Crippen molar-refractivity contribution in [3.05, 3.63) is 135 Å². The highest BCUT2D eigenvalue weighted by molar-refractivity contribution is 6.63. The monoisotopic (exact) mass is 756 g/mol. The van der Waals surface area contributed by atoms with Crippen LogP contribution in [0.15, 0.2) is 36.4 Å². The first-order valence-electron chi connectivity index (χ1n) is 13.6. The molecule has 0 saturated heterocycles. The van der Waals surface area contributed by atoms with E-state index in [1.807, 2.05) is 0 Å². The van der Waals surface area contributed by atoms with Crippen molar-refractivity contribution in [1.29, 1.82) is 0 Å².